The first-order chi connectivity index (χ1) is 15.7. The van der Waals surface area contributed by atoms with Crippen LogP contribution in [-0.4, -0.2) is 8.63 Å². The standard InChI is InChI=1S/C27H23Br2P2.Ni/c1-22(28)27(29,30(23-14-6-2-7-15-23)24-16-8-3-9-17-24)31(25-18-10-4-11-19-25)26-20-12-5-13-21-26;/h2-22H,1H2;. The molecule has 0 aliphatic carbocycles. The van der Waals surface area contributed by atoms with E-state index in [1.807, 2.05) is 0 Å². The van der Waals surface area contributed by atoms with E-state index in [9.17, 15) is 0 Å². The molecule has 1 unspecified atom stereocenters. The van der Waals surface area contributed by atoms with E-state index in [0.29, 0.717) is 5.39 Å². The fourth-order valence-electron chi connectivity index (χ4n) is 3.79. The van der Waals surface area contributed by atoms with Gasteiger partial charge in [-0.3, -0.25) is 0 Å². The van der Waals surface area contributed by atoms with E-state index in [1.54, 1.807) is 0 Å². The van der Waals surface area contributed by atoms with Crippen LogP contribution in [0.1, 0.15) is 0 Å². The maximum atomic E-state index is 5.36. The summed E-state index contributed by atoms with van der Waals surface area (Å²) in [5, 5.41) is 6.05. The molecule has 0 amide bonds. The SMILES string of the molecule is [Ni][CH2]C(Br)C(Br)(P(c1ccccc1)c1ccccc1)P(c1ccccc1)c1ccccc1. The Labute approximate surface area is 218 Å². The molecule has 4 rings (SSSR count). The van der Waals surface area contributed by atoms with Crippen LogP contribution in [-0.2, 0) is 15.5 Å². The first kappa shape index (κ1) is 24.3. The predicted molar refractivity (Wildman–Crippen MR) is 147 cm³/mol. The molecule has 4 aromatic rings. The average Bonchev–Trinajstić information content (AvgIpc) is 2.86. The second-order valence-electron chi connectivity index (χ2n) is 7.25. The van der Waals surface area contributed by atoms with Gasteiger partial charge in [0.2, 0.25) is 0 Å². The Hall–Kier alpha value is -0.806. The van der Waals surface area contributed by atoms with Crippen molar-refractivity contribution in [2.24, 2.45) is 0 Å². The number of alkyl halides is 2. The van der Waals surface area contributed by atoms with Gasteiger partial charge in [0, 0.05) is 0 Å². The third kappa shape index (κ3) is 5.14. The molecule has 1 atom stereocenters. The van der Waals surface area contributed by atoms with Gasteiger partial charge in [-0.15, -0.1) is 0 Å². The molecule has 0 nitrogen and oxygen atoms in total. The first-order valence-electron chi connectivity index (χ1n) is 10.3. The van der Waals surface area contributed by atoms with Crippen molar-refractivity contribution in [1.29, 1.82) is 0 Å². The summed E-state index contributed by atoms with van der Waals surface area (Å²) < 4.78 is -0.276. The molecule has 0 aliphatic heterocycles. The van der Waals surface area contributed by atoms with Crippen molar-refractivity contribution in [3.8, 4) is 0 Å². The van der Waals surface area contributed by atoms with Crippen molar-refractivity contribution >= 4 is 68.9 Å². The Morgan fingerprint density at radius 3 is 1.03 bits per heavy atom. The van der Waals surface area contributed by atoms with Gasteiger partial charge in [0.15, 0.2) is 0 Å². The molecule has 0 radical (unpaired) electrons. The summed E-state index contributed by atoms with van der Waals surface area (Å²) in [5.74, 6) is 0. The van der Waals surface area contributed by atoms with Crippen molar-refractivity contribution in [3.63, 3.8) is 0 Å². The Bertz CT molecular complexity index is 934. The third-order valence-corrected chi connectivity index (χ3v) is 17.4. The summed E-state index contributed by atoms with van der Waals surface area (Å²) in [5.41, 5.74) is 0. The van der Waals surface area contributed by atoms with Crippen LogP contribution in [0.5, 0.6) is 0 Å². The fourth-order valence-corrected chi connectivity index (χ4v) is 15.3. The van der Waals surface area contributed by atoms with Crippen LogP contribution >= 0.6 is 47.7 Å². The molecule has 0 aromatic heterocycles. The summed E-state index contributed by atoms with van der Waals surface area (Å²) in [6.07, 6.45) is 0. The number of rotatable bonds is 8. The summed E-state index contributed by atoms with van der Waals surface area (Å²) in [6, 6.07) is 43.7. The van der Waals surface area contributed by atoms with Crippen LogP contribution in [0.3, 0.4) is 0 Å². The second kappa shape index (κ2) is 11.6. The zero-order valence-corrected chi connectivity index (χ0v) is 23.2. The molecule has 0 heterocycles. The minimum atomic E-state index is -0.790. The minimum absolute atomic E-state index is 0.119. The molecular formula is C27H23Br2NiP2. The van der Waals surface area contributed by atoms with Gasteiger partial charge in [0.1, 0.15) is 0 Å². The number of benzene rings is 4. The Morgan fingerprint density at radius 1 is 0.562 bits per heavy atom. The molecule has 0 spiro atoms. The van der Waals surface area contributed by atoms with E-state index in [0.717, 1.165) is 0 Å². The third-order valence-electron chi connectivity index (χ3n) is 5.20. The van der Waals surface area contributed by atoms with Crippen LogP contribution < -0.4 is 21.2 Å². The zero-order valence-electron chi connectivity index (χ0n) is 17.3. The van der Waals surface area contributed by atoms with Gasteiger partial charge in [0.05, 0.1) is 0 Å². The quantitative estimate of drug-likeness (QED) is 0.112. The van der Waals surface area contributed by atoms with Gasteiger partial charge < -0.3 is 0 Å². The van der Waals surface area contributed by atoms with Gasteiger partial charge in [-0.1, -0.05) is 0 Å². The molecule has 32 heavy (non-hydrogen) atoms. The summed E-state index contributed by atoms with van der Waals surface area (Å²) >= 11 is 13.9. The van der Waals surface area contributed by atoms with Crippen LogP contribution in [0, 0.1) is 0 Å². The fraction of sp³-hybridized carbons (Fsp3) is 0.111. The molecule has 0 saturated carbocycles. The molecular weight excluding hydrogens is 605 g/mol. The van der Waals surface area contributed by atoms with E-state index >= 15 is 0 Å². The van der Waals surface area contributed by atoms with E-state index in [-0.39, 0.29) is 8.63 Å². The normalized spacial score (nSPS) is 12.8. The van der Waals surface area contributed by atoms with E-state index < -0.39 is 15.8 Å². The number of hydrogen-bond acceptors (Lipinski definition) is 0. The number of hydrogen-bond donors (Lipinski definition) is 0. The van der Waals surface area contributed by atoms with E-state index in [2.05, 4.69) is 153 Å². The van der Waals surface area contributed by atoms with Crippen LogP contribution in [0.15, 0.2) is 121 Å². The van der Waals surface area contributed by atoms with Gasteiger partial charge in [-0.25, -0.2) is 0 Å². The summed E-state index contributed by atoms with van der Waals surface area (Å²) in [6.45, 7) is 0. The molecule has 0 fully saturated rings. The Kier molecular flexibility index (Phi) is 8.78. The molecule has 0 saturated heterocycles. The van der Waals surface area contributed by atoms with Gasteiger partial charge in [-0.2, -0.15) is 0 Å². The van der Waals surface area contributed by atoms with Crippen molar-refractivity contribution in [2.75, 3.05) is 0 Å². The van der Waals surface area contributed by atoms with Gasteiger partial charge in [-0.05, 0) is 0 Å². The van der Waals surface area contributed by atoms with Crippen LogP contribution in [0.4, 0.5) is 0 Å². The Balaban J connectivity index is 2.02. The molecule has 0 N–H and O–H groups in total. The topological polar surface area (TPSA) is 0 Å². The van der Waals surface area contributed by atoms with E-state index in [1.165, 1.54) is 21.2 Å². The molecule has 0 aliphatic rings. The van der Waals surface area contributed by atoms with Crippen molar-refractivity contribution in [1.82, 2.24) is 0 Å². The molecule has 0 bridgehead atoms. The van der Waals surface area contributed by atoms with Crippen LogP contribution in [0.2, 0.25) is 5.39 Å². The zero-order chi connectivity index (χ0) is 22.4. The maximum absolute atomic E-state index is 5.36. The first-order valence-corrected chi connectivity index (χ1v) is 15.4. The summed E-state index contributed by atoms with van der Waals surface area (Å²) in [4.78, 5) is 0.119. The van der Waals surface area contributed by atoms with Crippen molar-refractivity contribution < 1.29 is 15.5 Å². The second-order valence-corrected chi connectivity index (χ2v) is 16.4. The van der Waals surface area contributed by atoms with Crippen molar-refractivity contribution in [3.05, 3.63) is 121 Å². The summed E-state index contributed by atoms with van der Waals surface area (Å²) in [7, 11) is -1.58. The predicted octanol–water partition coefficient (Wildman–Crippen LogP) is 7.03. The number of halogens is 2. The van der Waals surface area contributed by atoms with Crippen molar-refractivity contribution in [2.45, 2.75) is 14.0 Å². The average molecular weight is 628 g/mol. The van der Waals surface area contributed by atoms with Gasteiger partial charge in [0.25, 0.3) is 0 Å². The molecule has 165 valence electrons. The monoisotopic (exact) mass is 625 g/mol. The molecule has 4 aromatic carbocycles. The molecule has 5 heteroatoms. The van der Waals surface area contributed by atoms with E-state index in [4.69, 9.17) is 15.5 Å². The van der Waals surface area contributed by atoms with Crippen LogP contribution in [0.25, 0.3) is 0 Å². The Morgan fingerprint density at radius 2 is 0.812 bits per heavy atom. The van der Waals surface area contributed by atoms with Gasteiger partial charge >= 0.3 is 220 Å².